The molecule has 0 unspecified atom stereocenters. The molecule has 0 heterocycles. The molecule has 0 spiro atoms. The van der Waals surface area contributed by atoms with Crippen LogP contribution >= 0.6 is 7.82 Å². The number of phosphoric acid groups is 1. The van der Waals surface area contributed by atoms with E-state index in [0.29, 0.717) is 26.4 Å². The first kappa shape index (κ1) is 14.0. The number of rotatable bonds is 9. The molecular formula is C6H16NO6P. The number of nitrogens with two attached hydrogens (primary N) is 1. The Hall–Kier alpha value is -0.0100. The van der Waals surface area contributed by atoms with Gasteiger partial charge < -0.3 is 25.0 Å². The van der Waals surface area contributed by atoms with Crippen molar-refractivity contribution in [2.45, 2.75) is 0 Å². The average molecular weight is 229 g/mol. The number of phosphoric ester groups is 1. The van der Waals surface area contributed by atoms with E-state index in [1.165, 1.54) is 0 Å². The summed E-state index contributed by atoms with van der Waals surface area (Å²) in [4.78, 5) is 16.6. The van der Waals surface area contributed by atoms with Gasteiger partial charge in [0.25, 0.3) is 0 Å². The summed E-state index contributed by atoms with van der Waals surface area (Å²) < 4.78 is 24.2. The maximum atomic E-state index is 10.2. The molecule has 0 atom stereocenters. The Balaban J connectivity index is 3.03. The van der Waals surface area contributed by atoms with Crippen molar-refractivity contribution >= 4 is 7.82 Å². The zero-order chi connectivity index (χ0) is 10.9. The van der Waals surface area contributed by atoms with Crippen LogP contribution in [0.2, 0.25) is 0 Å². The lowest BCUT2D eigenvalue weighted by molar-refractivity contribution is 0.0344. The molecule has 0 amide bonds. The fourth-order valence-corrected chi connectivity index (χ4v) is 0.933. The average Bonchev–Trinajstić information content (AvgIpc) is 2.08. The van der Waals surface area contributed by atoms with E-state index in [0.717, 1.165) is 0 Å². The van der Waals surface area contributed by atoms with E-state index in [1.807, 2.05) is 0 Å². The summed E-state index contributed by atoms with van der Waals surface area (Å²) in [5.74, 6) is 0. The van der Waals surface area contributed by atoms with E-state index in [-0.39, 0.29) is 13.2 Å². The summed E-state index contributed by atoms with van der Waals surface area (Å²) in [5.41, 5.74) is 5.17. The van der Waals surface area contributed by atoms with Crippen LogP contribution < -0.4 is 5.73 Å². The van der Waals surface area contributed by atoms with Crippen molar-refractivity contribution in [3.63, 3.8) is 0 Å². The fourth-order valence-electron chi connectivity index (χ4n) is 0.620. The molecule has 14 heavy (non-hydrogen) atoms. The van der Waals surface area contributed by atoms with Gasteiger partial charge in [0, 0.05) is 6.54 Å². The number of hydrogen-bond acceptors (Lipinski definition) is 5. The van der Waals surface area contributed by atoms with Crippen molar-refractivity contribution in [1.82, 2.24) is 0 Å². The van der Waals surface area contributed by atoms with Crippen LogP contribution in [-0.4, -0.2) is 49.4 Å². The minimum atomic E-state index is -4.36. The highest BCUT2D eigenvalue weighted by molar-refractivity contribution is 7.46. The molecule has 0 aliphatic carbocycles. The highest BCUT2D eigenvalue weighted by Crippen LogP contribution is 2.35. The summed E-state index contributed by atoms with van der Waals surface area (Å²) >= 11 is 0. The molecule has 86 valence electrons. The molecule has 0 rings (SSSR count). The highest BCUT2D eigenvalue weighted by Gasteiger charge is 2.12. The Morgan fingerprint density at radius 1 is 1.00 bits per heavy atom. The summed E-state index contributed by atoms with van der Waals surface area (Å²) in [6.45, 7) is 1.68. The third-order valence-corrected chi connectivity index (χ3v) is 1.64. The summed E-state index contributed by atoms with van der Waals surface area (Å²) in [5, 5.41) is 0. The minimum Gasteiger partial charge on any atom is -0.378 e. The Morgan fingerprint density at radius 3 is 2.00 bits per heavy atom. The second kappa shape index (κ2) is 8.31. The highest BCUT2D eigenvalue weighted by atomic mass is 31.2. The third-order valence-electron chi connectivity index (χ3n) is 1.12. The van der Waals surface area contributed by atoms with Crippen LogP contribution in [0.1, 0.15) is 0 Å². The predicted molar refractivity (Wildman–Crippen MR) is 48.7 cm³/mol. The van der Waals surface area contributed by atoms with Crippen molar-refractivity contribution in [2.24, 2.45) is 5.73 Å². The fraction of sp³-hybridized carbons (Fsp3) is 1.00. The van der Waals surface area contributed by atoms with Crippen molar-refractivity contribution in [2.75, 3.05) is 39.6 Å². The quantitative estimate of drug-likeness (QED) is 0.346. The van der Waals surface area contributed by atoms with Crippen molar-refractivity contribution in [3.8, 4) is 0 Å². The molecule has 0 aromatic heterocycles. The largest absolute Gasteiger partial charge is 0.469 e. The number of hydrogen-bond donors (Lipinski definition) is 3. The van der Waals surface area contributed by atoms with Gasteiger partial charge >= 0.3 is 7.82 Å². The Bertz CT molecular complexity index is 172. The Morgan fingerprint density at radius 2 is 1.50 bits per heavy atom. The lowest BCUT2D eigenvalue weighted by Gasteiger charge is -2.06. The van der Waals surface area contributed by atoms with E-state index >= 15 is 0 Å². The van der Waals surface area contributed by atoms with E-state index in [4.69, 9.17) is 25.0 Å². The minimum absolute atomic E-state index is 0.122. The lowest BCUT2D eigenvalue weighted by Crippen LogP contribution is -2.13. The lowest BCUT2D eigenvalue weighted by atomic mass is 10.7. The maximum Gasteiger partial charge on any atom is 0.469 e. The van der Waals surface area contributed by atoms with Gasteiger partial charge in [-0.05, 0) is 0 Å². The number of ether oxygens (including phenoxy) is 2. The van der Waals surface area contributed by atoms with Crippen LogP contribution in [0, 0.1) is 0 Å². The molecule has 0 aliphatic heterocycles. The van der Waals surface area contributed by atoms with Gasteiger partial charge in [0.2, 0.25) is 0 Å². The molecule has 0 saturated heterocycles. The zero-order valence-electron chi connectivity index (χ0n) is 7.79. The molecule has 0 bridgehead atoms. The molecule has 0 aliphatic rings. The third kappa shape index (κ3) is 12.0. The van der Waals surface area contributed by atoms with Gasteiger partial charge in [-0.1, -0.05) is 0 Å². The SMILES string of the molecule is NCCOCCOCCOP(=O)(O)O. The van der Waals surface area contributed by atoms with E-state index in [1.54, 1.807) is 0 Å². The summed E-state index contributed by atoms with van der Waals surface area (Å²) in [7, 11) is -4.36. The monoisotopic (exact) mass is 229 g/mol. The molecule has 0 saturated carbocycles. The van der Waals surface area contributed by atoms with Gasteiger partial charge in [-0.2, -0.15) is 0 Å². The standard InChI is InChI=1S/C6H16NO6P/c7-1-2-11-3-4-12-5-6-13-14(8,9)10/h1-7H2,(H2,8,9,10). The Kier molecular flexibility index (Phi) is 8.30. The van der Waals surface area contributed by atoms with Crippen LogP contribution in [0.4, 0.5) is 0 Å². The maximum absolute atomic E-state index is 10.2. The smallest absolute Gasteiger partial charge is 0.378 e. The van der Waals surface area contributed by atoms with Gasteiger partial charge in [-0.25, -0.2) is 4.57 Å². The van der Waals surface area contributed by atoms with Crippen molar-refractivity contribution < 1.29 is 28.3 Å². The molecule has 0 aromatic carbocycles. The molecule has 7 nitrogen and oxygen atoms in total. The van der Waals surface area contributed by atoms with Crippen LogP contribution in [0.3, 0.4) is 0 Å². The molecule has 0 fully saturated rings. The topological polar surface area (TPSA) is 111 Å². The molecular weight excluding hydrogens is 213 g/mol. The van der Waals surface area contributed by atoms with Crippen LogP contribution in [-0.2, 0) is 18.6 Å². The Labute approximate surface area is 82.4 Å². The second-order valence-electron chi connectivity index (χ2n) is 2.34. The van der Waals surface area contributed by atoms with Gasteiger partial charge in [-0.3, -0.25) is 4.52 Å². The van der Waals surface area contributed by atoms with E-state index < -0.39 is 7.82 Å². The zero-order valence-corrected chi connectivity index (χ0v) is 8.69. The molecule has 4 N–H and O–H groups in total. The molecule has 0 radical (unpaired) electrons. The summed E-state index contributed by atoms with van der Waals surface area (Å²) in [6.07, 6.45) is 0. The predicted octanol–water partition coefficient (Wildman–Crippen LogP) is -0.912. The van der Waals surface area contributed by atoms with Crippen molar-refractivity contribution in [1.29, 1.82) is 0 Å². The molecule has 0 aromatic rings. The first-order valence-electron chi connectivity index (χ1n) is 4.12. The van der Waals surface area contributed by atoms with E-state index in [2.05, 4.69) is 4.52 Å². The molecule has 8 heteroatoms. The summed E-state index contributed by atoms with van der Waals surface area (Å²) in [6, 6.07) is 0. The first-order valence-corrected chi connectivity index (χ1v) is 5.65. The van der Waals surface area contributed by atoms with Crippen LogP contribution in [0.5, 0.6) is 0 Å². The van der Waals surface area contributed by atoms with Crippen LogP contribution in [0.25, 0.3) is 0 Å². The van der Waals surface area contributed by atoms with Gasteiger partial charge in [-0.15, -0.1) is 0 Å². The second-order valence-corrected chi connectivity index (χ2v) is 3.58. The van der Waals surface area contributed by atoms with E-state index in [9.17, 15) is 4.57 Å². The van der Waals surface area contributed by atoms with Gasteiger partial charge in [0.1, 0.15) is 0 Å². The van der Waals surface area contributed by atoms with Crippen LogP contribution in [0.15, 0.2) is 0 Å². The van der Waals surface area contributed by atoms with Gasteiger partial charge in [0.05, 0.1) is 33.0 Å². The van der Waals surface area contributed by atoms with Gasteiger partial charge in [0.15, 0.2) is 0 Å². The first-order chi connectivity index (χ1) is 6.56. The van der Waals surface area contributed by atoms with Crippen molar-refractivity contribution in [3.05, 3.63) is 0 Å². The normalized spacial score (nSPS) is 11.9.